The first-order valence-corrected chi connectivity index (χ1v) is 8.21. The van der Waals surface area contributed by atoms with E-state index in [1.165, 1.54) is 7.11 Å². The third kappa shape index (κ3) is 3.90. The van der Waals surface area contributed by atoms with Gasteiger partial charge in [0.15, 0.2) is 0 Å². The van der Waals surface area contributed by atoms with Crippen molar-refractivity contribution < 1.29 is 23.8 Å². The molecule has 1 aliphatic heterocycles. The molecule has 0 unspecified atom stereocenters. The minimum Gasteiger partial charge on any atom is -0.465 e. The molecule has 2 heterocycles. The molecule has 1 N–H and O–H groups in total. The zero-order valence-corrected chi connectivity index (χ0v) is 14.3. The third-order valence-corrected chi connectivity index (χ3v) is 4.08. The van der Waals surface area contributed by atoms with Crippen LogP contribution >= 0.6 is 0 Å². The lowest BCUT2D eigenvalue weighted by molar-refractivity contribution is -0.150. The van der Waals surface area contributed by atoms with Crippen LogP contribution in [-0.2, 0) is 19.0 Å². The van der Waals surface area contributed by atoms with Crippen LogP contribution in [-0.4, -0.2) is 61.4 Å². The summed E-state index contributed by atoms with van der Waals surface area (Å²) in [5, 5.41) is 0. The van der Waals surface area contributed by atoms with E-state index in [0.717, 1.165) is 29.9 Å². The quantitative estimate of drug-likeness (QED) is 0.792. The van der Waals surface area contributed by atoms with Crippen molar-refractivity contribution in [2.24, 2.45) is 0 Å². The second kappa shape index (κ2) is 7.52. The topological polar surface area (TPSA) is 93.8 Å². The molecule has 0 amide bonds. The van der Waals surface area contributed by atoms with Gasteiger partial charge >= 0.3 is 11.9 Å². The summed E-state index contributed by atoms with van der Waals surface area (Å²) in [6.07, 6.45) is 0.771. The number of esters is 2. The van der Waals surface area contributed by atoms with Crippen LogP contribution in [0.25, 0.3) is 11.0 Å². The first-order valence-electron chi connectivity index (χ1n) is 8.21. The van der Waals surface area contributed by atoms with Gasteiger partial charge in [-0.15, -0.1) is 0 Å². The SMILES string of the molecule is CCOC(=O)CO[C@H]1CCN(c2nc3ccc(C(=O)OC)cc3[nH]2)C1. The number of carbonyl (C=O) groups excluding carboxylic acids is 2. The molecule has 1 aromatic carbocycles. The third-order valence-electron chi connectivity index (χ3n) is 4.08. The number of nitrogens with zero attached hydrogens (tertiary/aromatic N) is 2. The molecule has 25 heavy (non-hydrogen) atoms. The number of aromatic nitrogens is 2. The zero-order chi connectivity index (χ0) is 17.8. The molecule has 134 valence electrons. The monoisotopic (exact) mass is 347 g/mol. The Balaban J connectivity index is 1.64. The van der Waals surface area contributed by atoms with Crippen molar-refractivity contribution in [3.63, 3.8) is 0 Å². The van der Waals surface area contributed by atoms with Gasteiger partial charge in [-0.1, -0.05) is 0 Å². The Morgan fingerprint density at radius 1 is 1.40 bits per heavy atom. The van der Waals surface area contributed by atoms with Gasteiger partial charge < -0.3 is 24.1 Å². The number of hydrogen-bond donors (Lipinski definition) is 1. The smallest absolute Gasteiger partial charge is 0.337 e. The number of benzene rings is 1. The average molecular weight is 347 g/mol. The van der Waals surface area contributed by atoms with Crippen LogP contribution in [0.4, 0.5) is 5.95 Å². The minimum atomic E-state index is -0.383. The number of rotatable bonds is 6. The van der Waals surface area contributed by atoms with E-state index in [1.54, 1.807) is 25.1 Å². The summed E-state index contributed by atoms with van der Waals surface area (Å²) in [7, 11) is 1.35. The van der Waals surface area contributed by atoms with Crippen LogP contribution in [0, 0.1) is 0 Å². The second-order valence-electron chi connectivity index (χ2n) is 5.76. The number of anilines is 1. The number of fused-ring (bicyclic) bond motifs is 1. The summed E-state index contributed by atoms with van der Waals surface area (Å²) >= 11 is 0. The molecule has 0 saturated carbocycles. The number of ether oxygens (including phenoxy) is 3. The molecule has 0 aliphatic carbocycles. The van der Waals surface area contributed by atoms with E-state index in [9.17, 15) is 9.59 Å². The first kappa shape index (κ1) is 17.2. The van der Waals surface area contributed by atoms with Crippen molar-refractivity contribution in [2.75, 3.05) is 38.3 Å². The van der Waals surface area contributed by atoms with Crippen molar-refractivity contribution >= 4 is 28.9 Å². The summed E-state index contributed by atoms with van der Waals surface area (Å²) in [5.74, 6) is -0.00840. The number of carbonyl (C=O) groups is 2. The van der Waals surface area contributed by atoms with E-state index in [4.69, 9.17) is 14.2 Å². The van der Waals surface area contributed by atoms with Crippen molar-refractivity contribution in [1.29, 1.82) is 0 Å². The van der Waals surface area contributed by atoms with E-state index in [2.05, 4.69) is 14.9 Å². The fraction of sp³-hybridized carbons (Fsp3) is 0.471. The molecule has 8 nitrogen and oxygen atoms in total. The lowest BCUT2D eigenvalue weighted by Gasteiger charge is -2.15. The van der Waals surface area contributed by atoms with Gasteiger partial charge in [0.2, 0.25) is 5.95 Å². The Morgan fingerprint density at radius 2 is 2.24 bits per heavy atom. The molecule has 2 aromatic rings. The Kier molecular flexibility index (Phi) is 5.18. The molecule has 1 fully saturated rings. The van der Waals surface area contributed by atoms with Gasteiger partial charge in [-0.2, -0.15) is 0 Å². The number of methoxy groups -OCH3 is 1. The van der Waals surface area contributed by atoms with Gasteiger partial charge in [0.1, 0.15) is 6.61 Å². The maximum absolute atomic E-state index is 11.6. The summed E-state index contributed by atoms with van der Waals surface area (Å²) in [4.78, 5) is 32.8. The van der Waals surface area contributed by atoms with Crippen LogP contribution in [0.1, 0.15) is 23.7 Å². The average Bonchev–Trinajstić information content (AvgIpc) is 3.25. The lowest BCUT2D eigenvalue weighted by atomic mass is 10.2. The molecule has 0 radical (unpaired) electrons. The van der Waals surface area contributed by atoms with Gasteiger partial charge in [-0.05, 0) is 31.5 Å². The second-order valence-corrected chi connectivity index (χ2v) is 5.76. The van der Waals surface area contributed by atoms with Crippen molar-refractivity contribution in [3.8, 4) is 0 Å². The summed E-state index contributed by atoms with van der Waals surface area (Å²) in [6.45, 7) is 3.50. The highest BCUT2D eigenvalue weighted by molar-refractivity contribution is 5.93. The Labute approximate surface area is 145 Å². The van der Waals surface area contributed by atoms with Gasteiger partial charge in [0, 0.05) is 13.1 Å². The number of hydrogen-bond acceptors (Lipinski definition) is 7. The largest absolute Gasteiger partial charge is 0.465 e. The van der Waals surface area contributed by atoms with E-state index in [-0.39, 0.29) is 24.6 Å². The summed E-state index contributed by atoms with van der Waals surface area (Å²) in [6, 6.07) is 5.20. The Morgan fingerprint density at radius 3 is 3.00 bits per heavy atom. The van der Waals surface area contributed by atoms with Crippen LogP contribution in [0.3, 0.4) is 0 Å². The van der Waals surface area contributed by atoms with Crippen molar-refractivity contribution in [2.45, 2.75) is 19.4 Å². The summed E-state index contributed by atoms with van der Waals surface area (Å²) < 4.78 is 15.2. The fourth-order valence-electron chi connectivity index (χ4n) is 2.84. The van der Waals surface area contributed by atoms with Gasteiger partial charge in [0.05, 0.1) is 36.4 Å². The number of aromatic amines is 1. The fourth-order valence-corrected chi connectivity index (χ4v) is 2.84. The number of nitrogens with one attached hydrogen (secondary N) is 1. The molecule has 1 aromatic heterocycles. The molecule has 1 aliphatic rings. The Hall–Kier alpha value is -2.61. The van der Waals surface area contributed by atoms with E-state index < -0.39 is 0 Å². The van der Waals surface area contributed by atoms with Crippen LogP contribution in [0.15, 0.2) is 18.2 Å². The highest BCUT2D eigenvalue weighted by atomic mass is 16.6. The molecule has 1 atom stereocenters. The van der Waals surface area contributed by atoms with Gasteiger partial charge in [-0.3, -0.25) is 0 Å². The zero-order valence-electron chi connectivity index (χ0n) is 14.3. The summed E-state index contributed by atoms with van der Waals surface area (Å²) in [5.41, 5.74) is 2.02. The molecular formula is C17H21N3O5. The van der Waals surface area contributed by atoms with Crippen molar-refractivity contribution in [1.82, 2.24) is 9.97 Å². The minimum absolute atomic E-state index is 0.0328. The van der Waals surface area contributed by atoms with E-state index >= 15 is 0 Å². The van der Waals surface area contributed by atoms with E-state index in [0.29, 0.717) is 18.7 Å². The first-order chi connectivity index (χ1) is 12.1. The van der Waals surface area contributed by atoms with Gasteiger partial charge in [0.25, 0.3) is 0 Å². The molecule has 1 saturated heterocycles. The van der Waals surface area contributed by atoms with Crippen molar-refractivity contribution in [3.05, 3.63) is 23.8 Å². The Bertz CT molecular complexity index is 773. The highest BCUT2D eigenvalue weighted by Crippen LogP contribution is 2.23. The standard InChI is InChI=1S/C17H21N3O5/c1-3-24-15(21)10-25-12-6-7-20(9-12)17-18-13-5-4-11(16(22)23-2)8-14(13)19-17/h4-5,8,12H,3,6-7,9-10H2,1-2H3,(H,18,19)/t12-/m0/s1. The molecule has 0 spiro atoms. The molecule has 8 heteroatoms. The van der Waals surface area contributed by atoms with E-state index in [1.807, 2.05) is 0 Å². The predicted octanol–water partition coefficient (Wildman–Crippen LogP) is 1.51. The lowest BCUT2D eigenvalue weighted by Crippen LogP contribution is -2.25. The normalized spacial score (nSPS) is 17.0. The maximum Gasteiger partial charge on any atom is 0.337 e. The highest BCUT2D eigenvalue weighted by Gasteiger charge is 2.26. The molecule has 3 rings (SSSR count). The predicted molar refractivity (Wildman–Crippen MR) is 90.6 cm³/mol. The number of H-pyrrole nitrogens is 1. The van der Waals surface area contributed by atoms with Crippen LogP contribution in [0.5, 0.6) is 0 Å². The number of imidazole rings is 1. The van der Waals surface area contributed by atoms with Crippen LogP contribution < -0.4 is 4.90 Å². The van der Waals surface area contributed by atoms with Gasteiger partial charge in [-0.25, -0.2) is 14.6 Å². The van der Waals surface area contributed by atoms with Crippen LogP contribution in [0.2, 0.25) is 0 Å². The molecular weight excluding hydrogens is 326 g/mol. The molecule has 0 bridgehead atoms. The maximum atomic E-state index is 11.6.